The smallest absolute Gasteiger partial charge is 0.329 e. The number of hydrogen-bond acceptors (Lipinski definition) is 4. The van der Waals surface area contributed by atoms with Crippen molar-refractivity contribution in [3.63, 3.8) is 0 Å². The highest BCUT2D eigenvalue weighted by Gasteiger charge is 2.25. The minimum atomic E-state index is -0.653. The van der Waals surface area contributed by atoms with Gasteiger partial charge in [-0.15, -0.1) is 0 Å². The number of benzene rings is 1. The molecule has 2 aromatic heterocycles. The van der Waals surface area contributed by atoms with Gasteiger partial charge in [0.15, 0.2) is 12.4 Å². The third-order valence-electron chi connectivity index (χ3n) is 5.42. The molecule has 2 heterocycles. The van der Waals surface area contributed by atoms with Crippen LogP contribution in [0.15, 0.2) is 40.2 Å². The summed E-state index contributed by atoms with van der Waals surface area (Å²) in [6.07, 6.45) is 2.85. The van der Waals surface area contributed by atoms with Crippen LogP contribution in [0, 0.1) is 32.9 Å². The predicted molar refractivity (Wildman–Crippen MR) is 119 cm³/mol. The van der Waals surface area contributed by atoms with Crippen molar-refractivity contribution in [3.8, 4) is 0 Å². The molecule has 0 unspecified atom stereocenters. The van der Waals surface area contributed by atoms with Crippen LogP contribution in [0.2, 0.25) is 0 Å². The number of aryl methyl sites for hydroxylation is 4. The van der Waals surface area contributed by atoms with E-state index in [1.54, 1.807) is 26.0 Å². The summed E-state index contributed by atoms with van der Waals surface area (Å²) in [5, 5.41) is 11.7. The van der Waals surface area contributed by atoms with Gasteiger partial charge in [0, 0.05) is 22.3 Å². The van der Waals surface area contributed by atoms with Crippen molar-refractivity contribution in [1.29, 1.82) is 0 Å². The van der Waals surface area contributed by atoms with Gasteiger partial charge in [-0.1, -0.05) is 31.0 Å². The van der Waals surface area contributed by atoms with Gasteiger partial charge >= 0.3 is 5.69 Å². The van der Waals surface area contributed by atoms with E-state index in [1.165, 1.54) is 17.0 Å². The van der Waals surface area contributed by atoms with Crippen LogP contribution in [0.5, 0.6) is 0 Å². The Bertz CT molecular complexity index is 1260. The fraction of sp³-hybridized carbons (Fsp3) is 0.333. The maximum Gasteiger partial charge on any atom is 0.329 e. The van der Waals surface area contributed by atoms with Crippen LogP contribution in [0.1, 0.15) is 69.2 Å². The van der Waals surface area contributed by atoms with E-state index in [2.05, 4.69) is 4.98 Å². The molecular weight excluding hydrogens is 394 g/mol. The van der Waals surface area contributed by atoms with Gasteiger partial charge in [0.25, 0.3) is 5.56 Å². The molecular formula is C24H27N3O4. The molecule has 0 aliphatic carbocycles. The van der Waals surface area contributed by atoms with E-state index in [-0.39, 0.29) is 29.5 Å². The number of carbonyl (C=O) groups excluding carboxylic acids is 1. The number of aromatic amines is 1. The van der Waals surface area contributed by atoms with Crippen molar-refractivity contribution in [2.45, 2.75) is 54.0 Å². The first-order valence-electron chi connectivity index (χ1n) is 10.2. The highest BCUT2D eigenvalue weighted by Crippen LogP contribution is 2.21. The lowest BCUT2D eigenvalue weighted by molar-refractivity contribution is -0.606. The Balaban J connectivity index is 2.32. The van der Waals surface area contributed by atoms with Gasteiger partial charge in [0.05, 0.1) is 6.54 Å². The number of H-pyrrole nitrogens is 1. The number of nitrogens with zero attached hydrogens (tertiary/aromatic N) is 2. The highest BCUT2D eigenvalue weighted by molar-refractivity contribution is 6.09. The quantitative estimate of drug-likeness (QED) is 0.389. The van der Waals surface area contributed by atoms with Gasteiger partial charge in [0.1, 0.15) is 5.69 Å². The first-order valence-corrected chi connectivity index (χ1v) is 10.2. The first-order chi connectivity index (χ1) is 14.5. The molecule has 7 heteroatoms. The van der Waals surface area contributed by atoms with Gasteiger partial charge in [-0.25, -0.2) is 4.79 Å². The molecule has 0 bridgehead atoms. The van der Waals surface area contributed by atoms with Crippen LogP contribution in [0.25, 0.3) is 0 Å². The van der Waals surface area contributed by atoms with Crippen LogP contribution in [0.4, 0.5) is 0 Å². The number of ketones is 1. The van der Waals surface area contributed by atoms with Gasteiger partial charge in [-0.05, 0) is 51.3 Å². The molecule has 0 spiro atoms. The molecule has 0 aliphatic heterocycles. The summed E-state index contributed by atoms with van der Waals surface area (Å²) in [5.74, 6) is -0.647. The van der Waals surface area contributed by atoms with E-state index < -0.39 is 11.2 Å². The maximum atomic E-state index is 13.6. The Morgan fingerprint density at radius 3 is 2.10 bits per heavy atom. The second kappa shape index (κ2) is 8.34. The number of rotatable bonds is 5. The molecule has 3 aromatic rings. The van der Waals surface area contributed by atoms with Crippen LogP contribution < -0.4 is 16.0 Å². The van der Waals surface area contributed by atoms with Crippen molar-refractivity contribution in [3.05, 3.63) is 101 Å². The van der Waals surface area contributed by atoms with Crippen LogP contribution >= 0.6 is 0 Å². The normalized spacial score (nSPS) is 11.2. The molecule has 0 amide bonds. The molecule has 0 saturated heterocycles. The lowest BCUT2D eigenvalue weighted by atomic mass is 9.95. The van der Waals surface area contributed by atoms with E-state index in [4.69, 9.17) is 0 Å². The SMILES string of the molecule is Cc1cc(C)cc(C(=O)c2c(C(C)C)c(=O)[nH]c(=O)n2Cc2c(C)c[n+]([O-])cc2C)c1. The van der Waals surface area contributed by atoms with Gasteiger partial charge in [-0.2, -0.15) is 4.73 Å². The summed E-state index contributed by atoms with van der Waals surface area (Å²) in [5.41, 5.74) is 3.57. The van der Waals surface area contributed by atoms with Crippen LogP contribution in [-0.4, -0.2) is 15.3 Å². The zero-order valence-corrected chi connectivity index (χ0v) is 18.7. The monoisotopic (exact) mass is 421 g/mol. The summed E-state index contributed by atoms with van der Waals surface area (Å²) in [6, 6.07) is 5.48. The molecule has 31 heavy (non-hydrogen) atoms. The predicted octanol–water partition coefficient (Wildman–Crippen LogP) is 2.81. The lowest BCUT2D eigenvalue weighted by Crippen LogP contribution is -2.38. The molecule has 7 nitrogen and oxygen atoms in total. The number of carbonyl (C=O) groups is 1. The molecule has 162 valence electrons. The van der Waals surface area contributed by atoms with Gasteiger partial charge < -0.3 is 5.21 Å². The molecule has 0 atom stereocenters. The highest BCUT2D eigenvalue weighted by atomic mass is 16.5. The second-order valence-corrected chi connectivity index (χ2v) is 8.43. The second-order valence-electron chi connectivity index (χ2n) is 8.43. The lowest BCUT2D eigenvalue weighted by Gasteiger charge is -2.19. The fourth-order valence-electron chi connectivity index (χ4n) is 4.05. The molecule has 1 aromatic carbocycles. The first kappa shape index (κ1) is 22.2. The zero-order chi connectivity index (χ0) is 23.0. The third-order valence-corrected chi connectivity index (χ3v) is 5.42. The van der Waals surface area contributed by atoms with E-state index in [9.17, 15) is 19.6 Å². The molecule has 0 saturated carbocycles. The summed E-state index contributed by atoms with van der Waals surface area (Å²) in [6.45, 7) is 11.1. The summed E-state index contributed by atoms with van der Waals surface area (Å²) in [4.78, 5) is 41.6. The van der Waals surface area contributed by atoms with Crippen molar-refractivity contribution in [1.82, 2.24) is 9.55 Å². The zero-order valence-electron chi connectivity index (χ0n) is 18.7. The Kier molecular flexibility index (Phi) is 5.97. The average Bonchev–Trinajstić information content (AvgIpc) is 2.63. The molecule has 0 fully saturated rings. The summed E-state index contributed by atoms with van der Waals surface area (Å²) < 4.78 is 2.03. The molecule has 3 rings (SSSR count). The average molecular weight is 421 g/mol. The van der Waals surface area contributed by atoms with E-state index in [0.29, 0.717) is 21.4 Å². The Labute approximate surface area is 180 Å². The molecule has 0 aliphatic rings. The van der Waals surface area contributed by atoms with Crippen LogP contribution in [-0.2, 0) is 6.54 Å². The molecule has 0 radical (unpaired) electrons. The molecule has 1 N–H and O–H groups in total. The van der Waals surface area contributed by atoms with Crippen molar-refractivity contribution >= 4 is 5.78 Å². The standard InChI is InChI=1S/C24H27N3O4/c1-13(2)20-21(22(28)18-8-14(3)7-15(4)9-18)27(24(30)25-23(20)29)12-19-16(5)10-26(31)11-17(19)6/h7-11,13H,12H2,1-6H3,(H,25,29,30). The Morgan fingerprint density at radius 1 is 1.03 bits per heavy atom. The van der Waals surface area contributed by atoms with Crippen molar-refractivity contribution in [2.24, 2.45) is 0 Å². The van der Waals surface area contributed by atoms with E-state index in [0.717, 1.165) is 16.7 Å². The number of aromatic nitrogens is 3. The van der Waals surface area contributed by atoms with E-state index >= 15 is 0 Å². The van der Waals surface area contributed by atoms with Crippen LogP contribution in [0.3, 0.4) is 0 Å². The maximum absolute atomic E-state index is 13.6. The minimum absolute atomic E-state index is 0.0692. The summed E-state index contributed by atoms with van der Waals surface area (Å²) >= 11 is 0. The topological polar surface area (TPSA) is 98.9 Å². The van der Waals surface area contributed by atoms with E-state index in [1.807, 2.05) is 33.8 Å². The number of pyridine rings is 1. The minimum Gasteiger partial charge on any atom is -0.619 e. The fourth-order valence-corrected chi connectivity index (χ4v) is 4.05. The Morgan fingerprint density at radius 2 is 1.58 bits per heavy atom. The van der Waals surface area contributed by atoms with Gasteiger partial charge in [-0.3, -0.25) is 19.1 Å². The third kappa shape index (κ3) is 4.35. The van der Waals surface area contributed by atoms with Gasteiger partial charge in [0.2, 0.25) is 5.78 Å². The Hall–Kier alpha value is -3.48. The number of hydrogen-bond donors (Lipinski definition) is 1. The largest absolute Gasteiger partial charge is 0.619 e. The summed E-state index contributed by atoms with van der Waals surface area (Å²) in [7, 11) is 0. The van der Waals surface area contributed by atoms with Crippen molar-refractivity contribution in [2.75, 3.05) is 0 Å². The number of nitrogens with one attached hydrogen (secondary N) is 1. The van der Waals surface area contributed by atoms with Crippen molar-refractivity contribution < 1.29 is 9.52 Å².